The molecule has 3 N–H and O–H groups in total. The minimum Gasteiger partial charge on any atom is -0.461 e. The summed E-state index contributed by atoms with van der Waals surface area (Å²) in [5.74, 6) is -6.90. The van der Waals surface area contributed by atoms with E-state index < -0.39 is 143 Å². The highest BCUT2D eigenvalue weighted by atomic mass is 33.1. The van der Waals surface area contributed by atoms with Crippen LogP contribution in [0.4, 0.5) is 10.5 Å². The number of amides is 1. The van der Waals surface area contributed by atoms with Crippen molar-refractivity contribution in [3.63, 3.8) is 0 Å². The first-order chi connectivity index (χ1) is 42.9. The van der Waals surface area contributed by atoms with E-state index in [0.29, 0.717) is 11.7 Å². The summed E-state index contributed by atoms with van der Waals surface area (Å²) in [6.45, 7) is 6.66. The second-order valence-corrected chi connectivity index (χ2v) is 26.5. The maximum absolute atomic E-state index is 15.9. The number of fused-ring (bicyclic) bond motifs is 5. The van der Waals surface area contributed by atoms with Crippen LogP contribution in [0.3, 0.4) is 0 Å². The van der Waals surface area contributed by atoms with E-state index >= 15 is 9.59 Å². The van der Waals surface area contributed by atoms with Crippen molar-refractivity contribution in [1.29, 1.82) is 0 Å². The van der Waals surface area contributed by atoms with E-state index in [9.17, 15) is 49.1 Å². The summed E-state index contributed by atoms with van der Waals surface area (Å²) >= 11 is 0. The molecule has 2 saturated heterocycles. The third-order valence-corrected chi connectivity index (χ3v) is 20.9. The molecule has 12 atom stereocenters. The number of ketones is 1. The second kappa shape index (κ2) is 28.1. The van der Waals surface area contributed by atoms with Crippen LogP contribution < -0.4 is 5.32 Å². The molecule has 0 aromatic heterocycles. The Hall–Kier alpha value is -7.90. The molecular formula is C66H72N2O20S2. The van der Waals surface area contributed by atoms with Crippen molar-refractivity contribution in [1.82, 2.24) is 5.32 Å². The molecule has 0 radical (unpaired) electrons. The van der Waals surface area contributed by atoms with Gasteiger partial charge in [0.1, 0.15) is 43.2 Å². The van der Waals surface area contributed by atoms with Gasteiger partial charge in [0.25, 0.3) is 11.6 Å². The van der Waals surface area contributed by atoms with E-state index in [2.05, 4.69) is 5.32 Å². The second-order valence-electron chi connectivity index (χ2n) is 23.8. The lowest BCUT2D eigenvalue weighted by Gasteiger charge is -2.67. The summed E-state index contributed by atoms with van der Waals surface area (Å²) in [6, 6.07) is 26.3. The maximum atomic E-state index is 15.9. The lowest BCUT2D eigenvalue weighted by molar-refractivity contribution is -0.386. The molecule has 0 spiro atoms. The number of carbonyl (C=O) groups is 8. The molecule has 24 heteroatoms. The number of rotatable bonds is 22. The minimum atomic E-state index is -2.56. The number of hydrogen-bond acceptors (Lipinski definition) is 22. The number of esters is 5. The Labute approximate surface area is 527 Å². The van der Waals surface area contributed by atoms with Crippen molar-refractivity contribution in [3.8, 4) is 0 Å². The fourth-order valence-corrected chi connectivity index (χ4v) is 16.3. The molecular weight excluding hydrogens is 1200 g/mol. The minimum absolute atomic E-state index is 0.00263. The number of para-hydroxylation sites is 1. The first kappa shape index (κ1) is 66.5. The van der Waals surface area contributed by atoms with Crippen LogP contribution in [-0.2, 0) is 68.5 Å². The molecule has 2 heterocycles. The van der Waals surface area contributed by atoms with Gasteiger partial charge in [0, 0.05) is 55.1 Å². The first-order valence-corrected chi connectivity index (χ1v) is 32.0. The zero-order valence-corrected chi connectivity index (χ0v) is 52.2. The van der Waals surface area contributed by atoms with Gasteiger partial charge in [-0.15, -0.1) is 0 Å². The summed E-state index contributed by atoms with van der Waals surface area (Å²) < 4.78 is 47.8. The van der Waals surface area contributed by atoms with Crippen LogP contribution in [0.1, 0.15) is 130 Å². The number of unbranched alkanes of at least 4 members (excludes halogenated alkanes) is 1. The number of nitro groups is 1. The predicted octanol–water partition coefficient (Wildman–Crippen LogP) is 9.28. The van der Waals surface area contributed by atoms with Crippen LogP contribution in [0.25, 0.3) is 6.08 Å². The quantitative estimate of drug-likeness (QED) is 0.0125. The zero-order valence-electron chi connectivity index (χ0n) is 50.5. The Kier molecular flexibility index (Phi) is 20.8. The monoisotopic (exact) mass is 1280 g/mol. The van der Waals surface area contributed by atoms with Gasteiger partial charge in [0.15, 0.2) is 17.5 Å². The highest BCUT2D eigenvalue weighted by Crippen LogP contribution is 2.64. The third kappa shape index (κ3) is 13.7. The lowest BCUT2D eigenvalue weighted by Crippen LogP contribution is -2.82. The molecule has 1 unspecified atom stereocenters. The summed E-state index contributed by atoms with van der Waals surface area (Å²) in [6.07, 6.45) is -6.67. The van der Waals surface area contributed by atoms with Crippen LogP contribution in [0.2, 0.25) is 0 Å². The van der Waals surface area contributed by atoms with Crippen LogP contribution in [0.5, 0.6) is 0 Å². The number of aliphatic hydroxyl groups excluding tert-OH is 1. The van der Waals surface area contributed by atoms with Gasteiger partial charge in [-0.05, 0) is 98.4 Å². The third-order valence-electron chi connectivity index (χ3n) is 17.9. The van der Waals surface area contributed by atoms with Crippen molar-refractivity contribution >= 4 is 81.0 Å². The molecule has 2 bridgehead atoms. The number of hydrogen-bond donors (Lipinski definition) is 3. The molecule has 5 aliphatic rings. The zero-order chi connectivity index (χ0) is 64.7. The van der Waals surface area contributed by atoms with E-state index in [0.717, 1.165) is 38.9 Å². The standard InChI is InChI=1S/C66H72N2O20S2/c1-38-47(35-66(78)58(87-60(75)44-24-14-9-15-25-44)56-64(6,48(71)34-49-65(56,37-83-49)88-40(3)70)57(73)54(84-39(2)69)51(38)63(66,4)5)85-61(76)55(52(41-20-10-7-11-21-41)67-59(74)43-22-12-8-13-23-43)86-62(77)81-32-19-28-42-26-18-27-45(53(42)68(79)80)36-82-50(72)30-17-16-29-46-31-33-89-90-46/h7-15,18-28,46-49,52,54-56,58,71,78H,16-17,29-37H2,1-6H3,(H,67,74)/b28-19+/t46?,47-,48-,49+,52-,54+,55+,56-,58-,64+,65-,66+/m0/s1. The van der Waals surface area contributed by atoms with E-state index in [1.807, 2.05) is 21.6 Å². The number of nitrogens with zero attached hydrogens (tertiary/aromatic N) is 1. The van der Waals surface area contributed by atoms with Crippen molar-refractivity contribution in [2.45, 2.75) is 152 Å². The molecule has 3 aliphatic carbocycles. The molecule has 2 saturated carbocycles. The van der Waals surface area contributed by atoms with Crippen molar-refractivity contribution in [3.05, 3.63) is 164 Å². The van der Waals surface area contributed by atoms with E-state index in [-0.39, 0.29) is 64.1 Å². The van der Waals surface area contributed by atoms with Crippen LogP contribution in [0, 0.1) is 26.9 Å². The fraction of sp³-hybridized carbons (Fsp3) is 0.455. The van der Waals surface area contributed by atoms with Gasteiger partial charge < -0.3 is 53.4 Å². The highest BCUT2D eigenvalue weighted by Gasteiger charge is 2.78. The molecule has 4 aromatic carbocycles. The molecule has 4 fully saturated rings. The van der Waals surface area contributed by atoms with Crippen LogP contribution >= 0.6 is 21.6 Å². The SMILES string of the molecule is CC(=O)O[C@H]1C(=O)[C@@]2(C)[C@H]([C@H](OC(=O)c3ccccc3)[C@]3(O)C[C@H](OC(=O)[C@H](OC(=O)OC/C=C/c4cccc(COC(=O)CCCCC5CCSS5)c4[N+](=O)[O-])[C@@H](NC(=O)c4ccccc4)c4ccccc4)C(C)=C1C3(C)C)[C@]1(OC(C)=O)CO[C@@H]1C[C@@H]2O. The number of ether oxygens (including phenoxy) is 8. The van der Waals surface area contributed by atoms with Gasteiger partial charge in [0.05, 0.1) is 45.7 Å². The van der Waals surface area contributed by atoms with Crippen molar-refractivity contribution in [2.75, 3.05) is 19.0 Å². The summed E-state index contributed by atoms with van der Waals surface area (Å²) in [7, 11) is 3.71. The largest absolute Gasteiger partial charge is 0.509 e. The van der Waals surface area contributed by atoms with Gasteiger partial charge in [0.2, 0.25) is 6.10 Å². The number of Topliss-reactive ketones (excluding diaryl/α,β-unsaturated/α-hetero) is 1. The van der Waals surface area contributed by atoms with E-state index in [1.54, 1.807) is 54.6 Å². The first-order valence-electron chi connectivity index (χ1n) is 29.6. The molecule has 22 nitrogen and oxygen atoms in total. The smallest absolute Gasteiger partial charge is 0.461 e. The Morgan fingerprint density at radius 2 is 1.53 bits per heavy atom. The molecule has 1 amide bonds. The van der Waals surface area contributed by atoms with E-state index in [4.69, 9.17) is 37.9 Å². The Morgan fingerprint density at radius 3 is 2.16 bits per heavy atom. The van der Waals surface area contributed by atoms with Crippen molar-refractivity contribution < 1.29 is 91.4 Å². The Balaban J connectivity index is 1.06. The normalized spacial score (nSPS) is 27.2. The number of nitrogens with one attached hydrogen (secondary N) is 1. The molecule has 90 heavy (non-hydrogen) atoms. The van der Waals surface area contributed by atoms with Crippen LogP contribution in [0.15, 0.2) is 126 Å². The number of benzene rings is 4. The van der Waals surface area contributed by atoms with Gasteiger partial charge in [-0.25, -0.2) is 14.4 Å². The van der Waals surface area contributed by atoms with Crippen molar-refractivity contribution in [2.24, 2.45) is 16.7 Å². The number of nitro benzene ring substituents is 1. The lowest BCUT2D eigenvalue weighted by atomic mass is 9.44. The average Bonchev–Trinajstić information content (AvgIpc) is 0.749. The topological polar surface area (TPSA) is 306 Å². The molecule has 2 aliphatic heterocycles. The van der Waals surface area contributed by atoms with Gasteiger partial charge in [-0.2, -0.15) is 0 Å². The van der Waals surface area contributed by atoms with Gasteiger partial charge >= 0.3 is 36.0 Å². The van der Waals surface area contributed by atoms with Crippen LogP contribution in [-0.4, -0.2) is 135 Å². The summed E-state index contributed by atoms with van der Waals surface area (Å²) in [5, 5.41) is 42.2. The van der Waals surface area contributed by atoms with Gasteiger partial charge in [-0.1, -0.05) is 115 Å². The predicted molar refractivity (Wildman–Crippen MR) is 327 cm³/mol. The highest BCUT2D eigenvalue weighted by molar-refractivity contribution is 8.77. The fourth-order valence-electron chi connectivity index (χ4n) is 13.2. The molecule has 478 valence electrons. The number of aliphatic hydroxyl groups is 2. The Morgan fingerprint density at radius 1 is 0.856 bits per heavy atom. The number of carbonyl (C=O) groups excluding carboxylic acids is 8. The average molecular weight is 1280 g/mol. The summed E-state index contributed by atoms with van der Waals surface area (Å²) in [4.78, 5) is 125. The van der Waals surface area contributed by atoms with E-state index in [1.165, 1.54) is 94.4 Å². The summed E-state index contributed by atoms with van der Waals surface area (Å²) in [5.41, 5.74) is -8.28. The van der Waals surface area contributed by atoms with Gasteiger partial charge in [-0.3, -0.25) is 34.1 Å². The Bertz CT molecular complexity index is 3430. The maximum Gasteiger partial charge on any atom is 0.509 e. The molecule has 4 aromatic rings. The molecule has 9 rings (SSSR count).